The van der Waals surface area contributed by atoms with E-state index in [9.17, 15) is 22.8 Å². The number of rotatable bonds is 16. The van der Waals surface area contributed by atoms with Gasteiger partial charge in [0.05, 0.1) is 17.8 Å². The number of piperidine rings is 1. The van der Waals surface area contributed by atoms with Crippen LogP contribution in [-0.2, 0) is 21.4 Å². The summed E-state index contributed by atoms with van der Waals surface area (Å²) < 4.78 is 30.2. The van der Waals surface area contributed by atoms with Gasteiger partial charge in [-0.1, -0.05) is 67.6 Å². The number of carbonyl (C=O) groups excluding carboxylic acids is 3. The SMILES string of the molecule is CC1CCN(S(=O)(=O)N(C)c2cc(C(=O)N[C@H](CN[C@@H](C)C(=O)NCC3CC3)Cc3ccccc3)cc(C(=O)N[C@H](C)c3ccccc3)c2)CC1. The van der Waals surface area contributed by atoms with Crippen molar-refractivity contribution in [2.24, 2.45) is 11.8 Å². The fourth-order valence-corrected chi connectivity index (χ4v) is 7.55. The van der Waals surface area contributed by atoms with Crippen LogP contribution in [0.5, 0.6) is 0 Å². The third-order valence-corrected chi connectivity index (χ3v) is 11.8. The van der Waals surface area contributed by atoms with Crippen LogP contribution in [0.4, 0.5) is 5.69 Å². The Balaban J connectivity index is 1.39. The van der Waals surface area contributed by atoms with Crippen LogP contribution in [0.3, 0.4) is 0 Å². The Labute approximate surface area is 302 Å². The van der Waals surface area contributed by atoms with Gasteiger partial charge in [0.25, 0.3) is 11.8 Å². The summed E-state index contributed by atoms with van der Waals surface area (Å²) in [6.07, 6.45) is 4.29. The summed E-state index contributed by atoms with van der Waals surface area (Å²) in [5.74, 6) is 0.0102. The maximum atomic E-state index is 14.1. The van der Waals surface area contributed by atoms with Crippen molar-refractivity contribution in [1.82, 2.24) is 25.6 Å². The molecule has 2 fully saturated rings. The fourth-order valence-electron chi connectivity index (χ4n) is 6.16. The monoisotopic (exact) mass is 716 g/mol. The van der Waals surface area contributed by atoms with Gasteiger partial charge in [-0.25, -0.2) is 0 Å². The minimum Gasteiger partial charge on any atom is -0.354 e. The normalized spacial score (nSPS) is 17.2. The zero-order valence-corrected chi connectivity index (χ0v) is 30.9. The van der Waals surface area contributed by atoms with E-state index in [1.165, 1.54) is 29.6 Å². The lowest BCUT2D eigenvalue weighted by Gasteiger charge is -2.33. The van der Waals surface area contributed by atoms with Gasteiger partial charge in [0, 0.05) is 50.4 Å². The van der Waals surface area contributed by atoms with Crippen LogP contribution in [0, 0.1) is 11.8 Å². The molecule has 2 aliphatic rings. The number of nitrogens with zero attached hydrogens (tertiary/aromatic N) is 2. The van der Waals surface area contributed by atoms with E-state index in [-0.39, 0.29) is 28.8 Å². The van der Waals surface area contributed by atoms with Crippen molar-refractivity contribution in [3.05, 3.63) is 101 Å². The van der Waals surface area contributed by atoms with Crippen LogP contribution in [0.2, 0.25) is 0 Å². The van der Waals surface area contributed by atoms with E-state index < -0.39 is 34.1 Å². The molecule has 3 aromatic rings. The van der Waals surface area contributed by atoms with Crippen molar-refractivity contribution in [2.45, 2.75) is 71.0 Å². The summed E-state index contributed by atoms with van der Waals surface area (Å²) in [5.41, 5.74) is 2.42. The average molecular weight is 717 g/mol. The van der Waals surface area contributed by atoms with Crippen LogP contribution in [0.15, 0.2) is 78.9 Å². The first-order valence-corrected chi connectivity index (χ1v) is 19.4. The maximum absolute atomic E-state index is 14.1. The molecule has 4 N–H and O–H groups in total. The molecule has 1 saturated carbocycles. The van der Waals surface area contributed by atoms with Crippen LogP contribution < -0.4 is 25.6 Å². The highest BCUT2D eigenvalue weighted by Gasteiger charge is 2.31. The Hall–Kier alpha value is -4.26. The molecule has 0 spiro atoms. The van der Waals surface area contributed by atoms with Gasteiger partial charge in [-0.2, -0.15) is 12.7 Å². The molecule has 5 rings (SSSR count). The molecule has 1 aliphatic carbocycles. The highest BCUT2D eigenvalue weighted by molar-refractivity contribution is 7.90. The summed E-state index contributed by atoms with van der Waals surface area (Å²) in [6.45, 7) is 7.57. The molecule has 0 aromatic heterocycles. The zero-order chi connectivity index (χ0) is 36.5. The van der Waals surface area contributed by atoms with Gasteiger partial charge < -0.3 is 21.3 Å². The Morgan fingerprint density at radius 3 is 2.04 bits per heavy atom. The van der Waals surface area contributed by atoms with Crippen molar-refractivity contribution in [3.8, 4) is 0 Å². The molecule has 11 nitrogen and oxygen atoms in total. The topological polar surface area (TPSA) is 140 Å². The highest BCUT2D eigenvalue weighted by Crippen LogP contribution is 2.28. The lowest BCUT2D eigenvalue weighted by atomic mass is 10.0. The Morgan fingerprint density at radius 1 is 0.843 bits per heavy atom. The Bertz CT molecular complexity index is 1740. The summed E-state index contributed by atoms with van der Waals surface area (Å²) in [7, 11) is -2.48. The van der Waals surface area contributed by atoms with Crippen molar-refractivity contribution < 1.29 is 22.8 Å². The number of amides is 3. The quantitative estimate of drug-likeness (QED) is 0.173. The molecule has 51 heavy (non-hydrogen) atoms. The van der Waals surface area contributed by atoms with Gasteiger partial charge in [-0.15, -0.1) is 0 Å². The molecular weight excluding hydrogens is 665 g/mol. The molecule has 1 aliphatic heterocycles. The average Bonchev–Trinajstić information content (AvgIpc) is 3.98. The molecule has 0 bridgehead atoms. The van der Waals surface area contributed by atoms with Gasteiger partial charge in [-0.3, -0.25) is 18.7 Å². The molecule has 12 heteroatoms. The van der Waals surface area contributed by atoms with Gasteiger partial charge in [0.1, 0.15) is 0 Å². The molecule has 0 unspecified atom stereocenters. The fraction of sp³-hybridized carbons (Fsp3) is 0.462. The molecule has 1 heterocycles. The third kappa shape index (κ3) is 10.6. The lowest BCUT2D eigenvalue weighted by Crippen LogP contribution is -2.49. The second-order valence-electron chi connectivity index (χ2n) is 14.1. The molecule has 3 amide bonds. The van der Waals surface area contributed by atoms with Crippen molar-refractivity contribution in [1.29, 1.82) is 0 Å². The number of anilines is 1. The number of benzene rings is 3. The predicted octanol–water partition coefficient (Wildman–Crippen LogP) is 4.44. The molecular formula is C39H52N6O5S. The van der Waals surface area contributed by atoms with Gasteiger partial charge in [0.2, 0.25) is 5.91 Å². The van der Waals surface area contributed by atoms with Crippen LogP contribution >= 0.6 is 0 Å². The Morgan fingerprint density at radius 2 is 1.43 bits per heavy atom. The lowest BCUT2D eigenvalue weighted by molar-refractivity contribution is -0.122. The minimum absolute atomic E-state index is 0.0906. The number of nitrogens with one attached hydrogen (secondary N) is 4. The number of hydrogen-bond acceptors (Lipinski definition) is 6. The van der Waals surface area contributed by atoms with Crippen LogP contribution in [0.25, 0.3) is 0 Å². The number of carbonyl (C=O) groups is 3. The predicted molar refractivity (Wildman–Crippen MR) is 201 cm³/mol. The minimum atomic E-state index is -3.93. The second kappa shape index (κ2) is 17.3. The van der Waals surface area contributed by atoms with E-state index in [0.29, 0.717) is 44.4 Å². The van der Waals surface area contributed by atoms with Crippen LogP contribution in [-0.4, -0.2) is 75.8 Å². The first kappa shape index (κ1) is 38.0. The van der Waals surface area contributed by atoms with E-state index in [1.807, 2.05) is 67.6 Å². The molecule has 3 atom stereocenters. The maximum Gasteiger partial charge on any atom is 0.303 e. The van der Waals surface area contributed by atoms with E-state index in [4.69, 9.17) is 0 Å². The largest absolute Gasteiger partial charge is 0.354 e. The van der Waals surface area contributed by atoms with Gasteiger partial charge in [0.15, 0.2) is 0 Å². The molecule has 3 aromatic carbocycles. The van der Waals surface area contributed by atoms with E-state index in [0.717, 1.165) is 41.1 Å². The number of hydrogen-bond donors (Lipinski definition) is 4. The second-order valence-corrected chi connectivity index (χ2v) is 16.1. The third-order valence-electron chi connectivity index (χ3n) is 9.85. The van der Waals surface area contributed by atoms with E-state index in [1.54, 1.807) is 6.92 Å². The van der Waals surface area contributed by atoms with Crippen molar-refractivity contribution >= 4 is 33.6 Å². The van der Waals surface area contributed by atoms with E-state index in [2.05, 4.69) is 28.2 Å². The first-order valence-electron chi connectivity index (χ1n) is 18.0. The molecule has 1 saturated heterocycles. The summed E-state index contributed by atoms with van der Waals surface area (Å²) in [5, 5.41) is 12.4. The standard InChI is InChI=1S/C39H52N6O5S/c1-27-17-19-45(20-18-27)51(49,50)44(4)36-23-33(38(47)42-28(2)32-13-9-6-10-14-32)22-34(24-36)39(48)43-35(21-30-11-7-5-8-12-30)26-40-29(3)37(46)41-25-31-15-16-31/h5-14,22-24,27-29,31,35,40H,15-21,25-26H2,1-4H3,(H,41,46)(H,42,47)(H,43,48)/t28-,29+,35+/m1/s1. The smallest absolute Gasteiger partial charge is 0.303 e. The molecule has 0 radical (unpaired) electrons. The van der Waals surface area contributed by atoms with Crippen molar-refractivity contribution in [2.75, 3.05) is 37.5 Å². The summed E-state index contributed by atoms with van der Waals surface area (Å²) in [4.78, 5) is 40.5. The zero-order valence-electron chi connectivity index (χ0n) is 30.1. The highest BCUT2D eigenvalue weighted by atomic mass is 32.2. The van der Waals surface area contributed by atoms with Gasteiger partial charge >= 0.3 is 10.2 Å². The van der Waals surface area contributed by atoms with Crippen LogP contribution in [0.1, 0.15) is 84.3 Å². The van der Waals surface area contributed by atoms with E-state index >= 15 is 0 Å². The summed E-state index contributed by atoms with van der Waals surface area (Å²) >= 11 is 0. The summed E-state index contributed by atoms with van der Waals surface area (Å²) in [6, 6.07) is 22.5. The Kier molecular flexibility index (Phi) is 12.9. The van der Waals surface area contributed by atoms with Gasteiger partial charge in [-0.05, 0) is 87.1 Å². The molecule has 274 valence electrons. The first-order chi connectivity index (χ1) is 24.4. The van der Waals surface area contributed by atoms with Crippen molar-refractivity contribution in [3.63, 3.8) is 0 Å².